The first-order chi connectivity index (χ1) is 12.8. The van der Waals surface area contributed by atoms with Crippen LogP contribution in [0.2, 0.25) is 0 Å². The zero-order valence-electron chi connectivity index (χ0n) is 14.4. The zero-order valence-corrected chi connectivity index (χ0v) is 14.4. The quantitative estimate of drug-likeness (QED) is 0.724. The fourth-order valence-corrected chi connectivity index (χ4v) is 3.45. The molecular weight excluding hydrogens is 328 g/mol. The minimum absolute atomic E-state index is 0.0764. The molecule has 7 nitrogen and oxygen atoms in total. The third-order valence-corrected chi connectivity index (χ3v) is 4.77. The van der Waals surface area contributed by atoms with Crippen LogP contribution in [0.4, 0.5) is 0 Å². The molecule has 26 heavy (non-hydrogen) atoms. The monoisotopic (exact) mass is 348 g/mol. The number of rotatable bonds is 4. The Morgan fingerprint density at radius 1 is 1.15 bits per heavy atom. The molecule has 0 unspecified atom stereocenters. The van der Waals surface area contributed by atoms with E-state index in [9.17, 15) is 4.79 Å². The Labute approximate surface area is 151 Å². The van der Waals surface area contributed by atoms with Crippen LogP contribution in [0, 0.1) is 0 Å². The van der Waals surface area contributed by atoms with E-state index in [2.05, 4.69) is 26.6 Å². The molecule has 7 heteroatoms. The summed E-state index contributed by atoms with van der Waals surface area (Å²) in [5, 5.41) is 11.1. The number of nitrogens with zero attached hydrogens (tertiary/aromatic N) is 6. The molecule has 0 aliphatic carbocycles. The average Bonchev–Trinajstić information content (AvgIpc) is 3.22. The minimum Gasteiger partial charge on any atom is -0.332 e. The smallest absolute Gasteiger partial charge is 0.254 e. The fourth-order valence-electron chi connectivity index (χ4n) is 3.45. The Balaban J connectivity index is 1.52. The van der Waals surface area contributed by atoms with Crippen LogP contribution in [0.25, 0.3) is 0 Å². The topological polar surface area (TPSA) is 76.8 Å². The van der Waals surface area contributed by atoms with Gasteiger partial charge in [-0.15, -0.1) is 5.10 Å². The molecule has 132 valence electrons. The summed E-state index contributed by atoms with van der Waals surface area (Å²) < 4.78 is 1.65. The summed E-state index contributed by atoms with van der Waals surface area (Å²) in [6.07, 6.45) is 8.36. The van der Waals surface area contributed by atoms with Gasteiger partial charge in [0.1, 0.15) is 6.33 Å². The summed E-state index contributed by atoms with van der Waals surface area (Å²) in [6.45, 7) is 1.37. The second kappa shape index (κ2) is 7.43. The van der Waals surface area contributed by atoms with Gasteiger partial charge in [-0.05, 0) is 59.0 Å². The second-order valence-electron chi connectivity index (χ2n) is 6.50. The maximum Gasteiger partial charge on any atom is 0.254 e. The summed E-state index contributed by atoms with van der Waals surface area (Å²) in [4.78, 5) is 19.3. The van der Waals surface area contributed by atoms with Crippen LogP contribution in [-0.4, -0.2) is 42.5 Å². The Kier molecular flexibility index (Phi) is 4.68. The lowest BCUT2D eigenvalue weighted by Gasteiger charge is -2.36. The number of likely N-dealkylation sites (tertiary alicyclic amines) is 1. The van der Waals surface area contributed by atoms with Gasteiger partial charge in [0.05, 0.1) is 12.6 Å². The first-order valence-corrected chi connectivity index (χ1v) is 8.82. The molecule has 1 fully saturated rings. The van der Waals surface area contributed by atoms with Crippen molar-refractivity contribution in [2.45, 2.75) is 31.8 Å². The fraction of sp³-hybridized carbons (Fsp3) is 0.316. The number of tetrazole rings is 1. The van der Waals surface area contributed by atoms with Crippen molar-refractivity contribution in [1.29, 1.82) is 0 Å². The molecule has 1 atom stereocenters. The van der Waals surface area contributed by atoms with Crippen LogP contribution in [0.1, 0.15) is 46.8 Å². The van der Waals surface area contributed by atoms with Crippen molar-refractivity contribution >= 4 is 5.91 Å². The van der Waals surface area contributed by atoms with Crippen LogP contribution in [-0.2, 0) is 6.54 Å². The maximum absolute atomic E-state index is 13.1. The third kappa shape index (κ3) is 3.46. The van der Waals surface area contributed by atoms with Crippen molar-refractivity contribution in [3.63, 3.8) is 0 Å². The van der Waals surface area contributed by atoms with Gasteiger partial charge in [-0.25, -0.2) is 4.68 Å². The van der Waals surface area contributed by atoms with Gasteiger partial charge in [0.2, 0.25) is 0 Å². The first-order valence-electron chi connectivity index (χ1n) is 8.82. The first kappa shape index (κ1) is 16.4. The van der Waals surface area contributed by atoms with Crippen molar-refractivity contribution in [2.24, 2.45) is 0 Å². The Bertz CT molecular complexity index is 848. The highest BCUT2D eigenvalue weighted by molar-refractivity contribution is 5.94. The number of carbonyl (C=O) groups is 1. The molecule has 3 heterocycles. The molecule has 3 aromatic rings. The van der Waals surface area contributed by atoms with Crippen molar-refractivity contribution in [3.05, 3.63) is 71.8 Å². The molecule has 1 aromatic carbocycles. The predicted octanol–water partition coefficient (Wildman–Crippen LogP) is 2.48. The number of carbonyl (C=O) groups excluding carboxylic acids is 1. The molecular formula is C19H20N6O. The lowest BCUT2D eigenvalue weighted by molar-refractivity contribution is 0.0611. The third-order valence-electron chi connectivity index (χ3n) is 4.77. The Hall–Kier alpha value is -3.09. The Morgan fingerprint density at radius 3 is 2.77 bits per heavy atom. The number of hydrogen-bond acceptors (Lipinski definition) is 5. The minimum atomic E-state index is 0.0764. The highest BCUT2D eigenvalue weighted by atomic mass is 16.2. The largest absolute Gasteiger partial charge is 0.332 e. The lowest BCUT2D eigenvalue weighted by Crippen LogP contribution is -2.38. The lowest BCUT2D eigenvalue weighted by atomic mass is 9.95. The maximum atomic E-state index is 13.1. The van der Waals surface area contributed by atoms with Crippen molar-refractivity contribution in [3.8, 4) is 0 Å². The van der Waals surface area contributed by atoms with Crippen LogP contribution >= 0.6 is 0 Å². The van der Waals surface area contributed by atoms with E-state index in [1.807, 2.05) is 41.4 Å². The average molecular weight is 348 g/mol. The summed E-state index contributed by atoms with van der Waals surface area (Å²) in [6, 6.07) is 11.8. The molecule has 0 saturated carbocycles. The Morgan fingerprint density at radius 2 is 2.04 bits per heavy atom. The van der Waals surface area contributed by atoms with Gasteiger partial charge in [-0.1, -0.05) is 18.2 Å². The summed E-state index contributed by atoms with van der Waals surface area (Å²) in [5.41, 5.74) is 2.87. The van der Waals surface area contributed by atoms with Gasteiger partial charge in [0.15, 0.2) is 0 Å². The molecule has 0 radical (unpaired) electrons. The van der Waals surface area contributed by atoms with E-state index in [4.69, 9.17) is 0 Å². The van der Waals surface area contributed by atoms with Gasteiger partial charge in [-0.2, -0.15) is 0 Å². The van der Waals surface area contributed by atoms with Crippen LogP contribution in [0.15, 0.2) is 55.1 Å². The van der Waals surface area contributed by atoms with E-state index >= 15 is 0 Å². The van der Waals surface area contributed by atoms with E-state index in [0.29, 0.717) is 12.1 Å². The van der Waals surface area contributed by atoms with Crippen molar-refractivity contribution < 1.29 is 4.79 Å². The molecule has 4 rings (SSSR count). The standard InChI is InChI=1S/C19H20N6O/c26-19(16-8-6-15(7-9-16)13-24-14-21-22-23-24)25-11-2-1-5-18(25)17-4-3-10-20-12-17/h3-4,6-10,12,14,18H,1-2,5,11,13H2/t18-/m0/s1. The number of piperidine rings is 1. The van der Waals surface area contributed by atoms with E-state index in [1.165, 1.54) is 0 Å². The highest BCUT2D eigenvalue weighted by Crippen LogP contribution is 2.31. The van der Waals surface area contributed by atoms with E-state index in [1.54, 1.807) is 17.2 Å². The summed E-state index contributed by atoms with van der Waals surface area (Å²) in [7, 11) is 0. The number of aromatic nitrogens is 5. The van der Waals surface area contributed by atoms with Crippen molar-refractivity contribution in [1.82, 2.24) is 30.1 Å². The number of amides is 1. The molecule has 2 aromatic heterocycles. The molecule has 1 aliphatic heterocycles. The zero-order chi connectivity index (χ0) is 17.8. The van der Waals surface area contributed by atoms with E-state index < -0.39 is 0 Å². The molecule has 0 N–H and O–H groups in total. The number of pyridine rings is 1. The molecule has 0 spiro atoms. The highest BCUT2D eigenvalue weighted by Gasteiger charge is 2.28. The number of hydrogen-bond donors (Lipinski definition) is 0. The second-order valence-corrected chi connectivity index (χ2v) is 6.50. The van der Waals surface area contributed by atoms with Crippen molar-refractivity contribution in [2.75, 3.05) is 6.54 Å². The van der Waals surface area contributed by atoms with Crippen LogP contribution in [0.5, 0.6) is 0 Å². The number of benzene rings is 1. The normalized spacial score (nSPS) is 17.2. The predicted molar refractivity (Wildman–Crippen MR) is 95.2 cm³/mol. The summed E-state index contributed by atoms with van der Waals surface area (Å²) in [5.74, 6) is 0.0764. The van der Waals surface area contributed by atoms with Gasteiger partial charge >= 0.3 is 0 Å². The van der Waals surface area contributed by atoms with Gasteiger partial charge < -0.3 is 4.90 Å². The van der Waals surface area contributed by atoms with Crippen LogP contribution < -0.4 is 0 Å². The SMILES string of the molecule is O=C(c1ccc(Cn2cnnn2)cc1)N1CCCC[C@H]1c1cccnc1. The van der Waals surface area contributed by atoms with Gasteiger partial charge in [-0.3, -0.25) is 9.78 Å². The van der Waals surface area contributed by atoms with E-state index in [-0.39, 0.29) is 11.9 Å². The van der Waals surface area contributed by atoms with Crippen LogP contribution in [0.3, 0.4) is 0 Å². The van der Waals surface area contributed by atoms with Gasteiger partial charge in [0.25, 0.3) is 5.91 Å². The van der Waals surface area contributed by atoms with Gasteiger partial charge in [0, 0.05) is 24.5 Å². The summed E-state index contributed by atoms with van der Waals surface area (Å²) >= 11 is 0. The molecule has 0 bridgehead atoms. The molecule has 1 aliphatic rings. The molecule has 1 amide bonds. The molecule has 1 saturated heterocycles. The van der Waals surface area contributed by atoms with E-state index in [0.717, 1.165) is 36.9 Å².